The first-order valence-electron chi connectivity index (χ1n) is 4.57. The van der Waals surface area contributed by atoms with Crippen molar-refractivity contribution in [2.24, 2.45) is 0 Å². The number of hydrogen-bond acceptors (Lipinski definition) is 2. The molecule has 0 radical (unpaired) electrons. The van der Waals surface area contributed by atoms with Crippen LogP contribution in [0.15, 0.2) is 40.4 Å². The summed E-state index contributed by atoms with van der Waals surface area (Å²) in [6.07, 6.45) is 2.48. The van der Waals surface area contributed by atoms with Crippen LogP contribution >= 0.6 is 0 Å². The van der Waals surface area contributed by atoms with E-state index in [1.807, 2.05) is 6.07 Å². The van der Waals surface area contributed by atoms with Gasteiger partial charge >= 0.3 is 5.69 Å². The number of nitrogens with one attached hydrogen (secondary N) is 2. The lowest BCUT2D eigenvalue weighted by Gasteiger charge is -1.99. The van der Waals surface area contributed by atoms with E-state index in [-0.39, 0.29) is 5.56 Å². The van der Waals surface area contributed by atoms with Gasteiger partial charge in [-0.3, -0.25) is 9.78 Å². The number of rotatable bonds is 2. The normalized spacial score (nSPS) is 10.4. The minimum absolute atomic E-state index is 0.362. The molecule has 15 heavy (non-hydrogen) atoms. The average Bonchev–Trinajstić information content (AvgIpc) is 2.17. The average molecular weight is 202 g/mol. The largest absolute Gasteiger partial charge is 0.326 e. The van der Waals surface area contributed by atoms with Crippen molar-refractivity contribution in [1.29, 1.82) is 0 Å². The van der Waals surface area contributed by atoms with Gasteiger partial charge in [0.25, 0.3) is 5.56 Å². The molecule has 2 aromatic rings. The number of aromatic nitrogens is 2. The molecule has 0 atom stereocenters. The molecule has 0 fully saturated rings. The standard InChI is InChI=1S/C11H10N2O2/c1-2-3-7-4-5-8-9(6-7)12-11(15)13-10(8)14/h2,4-6H,1,3H2,(H2,12,13,14,15). The zero-order chi connectivity index (χ0) is 10.8. The van der Waals surface area contributed by atoms with Crippen LogP contribution < -0.4 is 11.2 Å². The van der Waals surface area contributed by atoms with E-state index >= 15 is 0 Å². The fourth-order valence-corrected chi connectivity index (χ4v) is 1.51. The van der Waals surface area contributed by atoms with Crippen molar-refractivity contribution >= 4 is 10.9 Å². The monoisotopic (exact) mass is 202 g/mol. The van der Waals surface area contributed by atoms with E-state index in [0.717, 1.165) is 5.56 Å². The van der Waals surface area contributed by atoms with Crippen LogP contribution in [0.5, 0.6) is 0 Å². The lowest BCUT2D eigenvalue weighted by atomic mass is 10.1. The summed E-state index contributed by atoms with van der Waals surface area (Å²) in [5, 5.41) is 0.488. The Kier molecular flexibility index (Phi) is 2.25. The first-order valence-corrected chi connectivity index (χ1v) is 4.57. The zero-order valence-corrected chi connectivity index (χ0v) is 8.04. The molecule has 1 aromatic heterocycles. The molecule has 4 heteroatoms. The molecule has 0 aliphatic heterocycles. The van der Waals surface area contributed by atoms with Gasteiger partial charge in [-0.15, -0.1) is 6.58 Å². The SMILES string of the molecule is C=CCc1ccc2c(=O)[nH]c(=O)[nH]c2c1. The topological polar surface area (TPSA) is 65.7 Å². The summed E-state index contributed by atoms with van der Waals surface area (Å²) in [4.78, 5) is 27.2. The van der Waals surface area contributed by atoms with E-state index in [9.17, 15) is 9.59 Å². The summed E-state index contributed by atoms with van der Waals surface area (Å²) in [5.41, 5.74) is 0.726. The van der Waals surface area contributed by atoms with Crippen LogP contribution in [-0.2, 0) is 6.42 Å². The molecule has 0 aliphatic carbocycles. The quantitative estimate of drug-likeness (QED) is 0.712. The van der Waals surface area contributed by atoms with Gasteiger partial charge in [-0.1, -0.05) is 12.1 Å². The summed E-state index contributed by atoms with van der Waals surface area (Å²) < 4.78 is 0. The van der Waals surface area contributed by atoms with E-state index in [1.165, 1.54) is 0 Å². The minimum atomic E-state index is -0.483. The summed E-state index contributed by atoms with van der Waals surface area (Å²) >= 11 is 0. The second kappa shape index (κ2) is 3.57. The molecular formula is C11H10N2O2. The van der Waals surface area contributed by atoms with Crippen LogP contribution in [0.2, 0.25) is 0 Å². The van der Waals surface area contributed by atoms with Gasteiger partial charge in [-0.2, -0.15) is 0 Å². The highest BCUT2D eigenvalue weighted by molar-refractivity contribution is 5.77. The molecule has 2 rings (SSSR count). The maximum Gasteiger partial charge on any atom is 0.326 e. The molecule has 0 bridgehead atoms. The molecule has 0 aliphatic rings. The summed E-state index contributed by atoms with van der Waals surface area (Å²) in [7, 11) is 0. The van der Waals surface area contributed by atoms with Crippen molar-refractivity contribution < 1.29 is 0 Å². The van der Waals surface area contributed by atoms with Crippen LogP contribution in [0.1, 0.15) is 5.56 Å². The van der Waals surface area contributed by atoms with E-state index in [4.69, 9.17) is 0 Å². The number of benzene rings is 1. The van der Waals surface area contributed by atoms with E-state index in [1.54, 1.807) is 18.2 Å². The Hall–Kier alpha value is -2.10. The molecule has 0 spiro atoms. The molecular weight excluding hydrogens is 192 g/mol. The number of hydrogen-bond donors (Lipinski definition) is 2. The third kappa shape index (κ3) is 1.74. The predicted octanol–water partition coefficient (Wildman–Crippen LogP) is 0.945. The Morgan fingerprint density at radius 2 is 2.07 bits per heavy atom. The Balaban J connectivity index is 2.76. The van der Waals surface area contributed by atoms with Crippen LogP contribution in [0, 0.1) is 0 Å². The Labute approximate surface area is 85.3 Å². The van der Waals surface area contributed by atoms with Gasteiger partial charge in [0.2, 0.25) is 0 Å². The maximum absolute atomic E-state index is 11.4. The molecule has 0 saturated carbocycles. The third-order valence-electron chi connectivity index (χ3n) is 2.18. The van der Waals surface area contributed by atoms with Gasteiger partial charge in [0.05, 0.1) is 10.9 Å². The maximum atomic E-state index is 11.4. The second-order valence-corrected chi connectivity index (χ2v) is 3.28. The highest BCUT2D eigenvalue weighted by Gasteiger charge is 2.00. The molecule has 2 N–H and O–H groups in total. The lowest BCUT2D eigenvalue weighted by Crippen LogP contribution is -2.21. The Morgan fingerprint density at radius 3 is 2.80 bits per heavy atom. The van der Waals surface area contributed by atoms with Gasteiger partial charge in [0.15, 0.2) is 0 Å². The molecule has 1 heterocycles. The Morgan fingerprint density at radius 1 is 1.27 bits per heavy atom. The molecule has 0 saturated heterocycles. The fraction of sp³-hybridized carbons (Fsp3) is 0.0909. The summed E-state index contributed by atoms with van der Waals surface area (Å²) in [6.45, 7) is 3.63. The number of fused-ring (bicyclic) bond motifs is 1. The lowest BCUT2D eigenvalue weighted by molar-refractivity contribution is 1.08. The molecule has 1 aromatic carbocycles. The van der Waals surface area contributed by atoms with Gasteiger partial charge in [0.1, 0.15) is 0 Å². The molecule has 76 valence electrons. The number of H-pyrrole nitrogens is 2. The first kappa shape index (κ1) is 9.45. The van der Waals surface area contributed by atoms with Crippen LogP contribution in [0.3, 0.4) is 0 Å². The smallest absolute Gasteiger partial charge is 0.307 e. The fourth-order valence-electron chi connectivity index (χ4n) is 1.51. The van der Waals surface area contributed by atoms with E-state index in [2.05, 4.69) is 16.5 Å². The Bertz CT molecular complexity index is 622. The third-order valence-corrected chi connectivity index (χ3v) is 2.18. The first-order chi connectivity index (χ1) is 7.20. The number of aromatic amines is 2. The molecule has 0 unspecified atom stereocenters. The van der Waals surface area contributed by atoms with E-state index < -0.39 is 5.69 Å². The van der Waals surface area contributed by atoms with Gasteiger partial charge in [-0.25, -0.2) is 4.79 Å². The van der Waals surface area contributed by atoms with E-state index in [0.29, 0.717) is 17.3 Å². The number of allylic oxidation sites excluding steroid dienone is 1. The summed E-state index contributed by atoms with van der Waals surface area (Å²) in [6, 6.07) is 5.33. The second-order valence-electron chi connectivity index (χ2n) is 3.28. The zero-order valence-electron chi connectivity index (χ0n) is 8.04. The van der Waals surface area contributed by atoms with Crippen LogP contribution in [-0.4, -0.2) is 9.97 Å². The van der Waals surface area contributed by atoms with Crippen molar-refractivity contribution in [1.82, 2.24) is 9.97 Å². The molecule has 0 amide bonds. The predicted molar refractivity (Wildman–Crippen MR) is 59.1 cm³/mol. The van der Waals surface area contributed by atoms with Crippen LogP contribution in [0.25, 0.3) is 10.9 Å². The van der Waals surface area contributed by atoms with Gasteiger partial charge in [0, 0.05) is 0 Å². The van der Waals surface area contributed by atoms with Crippen molar-refractivity contribution in [3.05, 3.63) is 57.3 Å². The van der Waals surface area contributed by atoms with Crippen molar-refractivity contribution in [2.45, 2.75) is 6.42 Å². The highest BCUT2D eigenvalue weighted by Crippen LogP contribution is 2.09. The summed E-state index contributed by atoms with van der Waals surface area (Å²) in [5.74, 6) is 0. The van der Waals surface area contributed by atoms with Crippen molar-refractivity contribution in [3.63, 3.8) is 0 Å². The van der Waals surface area contributed by atoms with Gasteiger partial charge in [-0.05, 0) is 24.1 Å². The van der Waals surface area contributed by atoms with Crippen molar-refractivity contribution in [3.8, 4) is 0 Å². The van der Waals surface area contributed by atoms with Crippen LogP contribution in [0.4, 0.5) is 0 Å². The highest BCUT2D eigenvalue weighted by atomic mass is 16.2. The minimum Gasteiger partial charge on any atom is -0.307 e. The van der Waals surface area contributed by atoms with Crippen molar-refractivity contribution in [2.75, 3.05) is 0 Å². The molecule has 4 nitrogen and oxygen atoms in total. The van der Waals surface area contributed by atoms with Gasteiger partial charge < -0.3 is 4.98 Å².